The fraction of sp³-hybridized carbons (Fsp3) is 0.600. The van der Waals surface area contributed by atoms with Crippen molar-refractivity contribution < 1.29 is 4.79 Å². The number of nitrogens with one attached hydrogen (secondary N) is 1. The summed E-state index contributed by atoms with van der Waals surface area (Å²) in [5.41, 5.74) is 1.80. The summed E-state index contributed by atoms with van der Waals surface area (Å²) in [7, 11) is 0. The van der Waals surface area contributed by atoms with Gasteiger partial charge in [-0.25, -0.2) is 0 Å². The van der Waals surface area contributed by atoms with Gasteiger partial charge in [0, 0.05) is 24.3 Å². The van der Waals surface area contributed by atoms with E-state index in [9.17, 15) is 9.59 Å². The van der Waals surface area contributed by atoms with Crippen LogP contribution >= 0.6 is 11.8 Å². The molecule has 3 heterocycles. The molecule has 0 unspecified atom stereocenters. The van der Waals surface area contributed by atoms with Crippen molar-refractivity contribution in [2.24, 2.45) is 0 Å². The molecule has 0 saturated carbocycles. The highest BCUT2D eigenvalue weighted by Gasteiger charge is 2.22. The number of hydrogen-bond acceptors (Lipinski definition) is 5. The molecule has 23 heavy (non-hydrogen) atoms. The fourth-order valence-electron chi connectivity index (χ4n) is 3.43. The molecule has 7 nitrogen and oxygen atoms in total. The number of hydrogen-bond donors (Lipinski definition) is 1. The van der Waals surface area contributed by atoms with Crippen LogP contribution in [-0.4, -0.2) is 49.2 Å². The number of carbonyl (C=O) groups excluding carboxylic acids is 1. The largest absolute Gasteiger partial charge is 0.342 e. The fourth-order valence-corrected chi connectivity index (χ4v) is 4.29. The van der Waals surface area contributed by atoms with Crippen LogP contribution in [0.2, 0.25) is 0 Å². The quantitative estimate of drug-likeness (QED) is 0.848. The number of nitrogens with zero attached hydrogens (tertiary/aromatic N) is 4. The van der Waals surface area contributed by atoms with E-state index in [4.69, 9.17) is 0 Å². The Morgan fingerprint density at radius 3 is 2.74 bits per heavy atom. The molecular weight excluding hydrogens is 314 g/mol. The molecule has 0 bridgehead atoms. The highest BCUT2D eigenvalue weighted by Crippen LogP contribution is 2.24. The molecule has 0 aromatic carbocycles. The minimum Gasteiger partial charge on any atom is -0.342 e. The lowest BCUT2D eigenvalue weighted by atomic mass is 9.97. The highest BCUT2D eigenvalue weighted by molar-refractivity contribution is 7.99. The van der Waals surface area contributed by atoms with Gasteiger partial charge in [0.2, 0.25) is 11.7 Å². The maximum atomic E-state index is 12.2. The van der Waals surface area contributed by atoms with Gasteiger partial charge in [-0.05, 0) is 38.5 Å². The van der Waals surface area contributed by atoms with Gasteiger partial charge in [-0.3, -0.25) is 19.0 Å². The van der Waals surface area contributed by atoms with E-state index in [2.05, 4.69) is 15.2 Å². The maximum absolute atomic E-state index is 12.2. The van der Waals surface area contributed by atoms with Crippen molar-refractivity contribution in [3.05, 3.63) is 21.6 Å². The first kappa shape index (κ1) is 14.7. The van der Waals surface area contributed by atoms with Crippen molar-refractivity contribution >= 4 is 23.4 Å². The molecule has 2 aromatic heterocycles. The van der Waals surface area contributed by atoms with Crippen molar-refractivity contribution in [2.45, 2.75) is 43.7 Å². The molecule has 1 saturated heterocycles. The molecule has 8 heteroatoms. The van der Waals surface area contributed by atoms with Crippen LogP contribution in [0.15, 0.2) is 9.95 Å². The SMILES string of the molecule is O=C(CSc1nnc2[nH]c(=O)c3c(n12)CCCC3)N1CCCC1. The van der Waals surface area contributed by atoms with Crippen molar-refractivity contribution in [2.75, 3.05) is 18.8 Å². The molecular formula is C15H19N5O2S. The third-order valence-corrected chi connectivity index (χ3v) is 5.54. The van der Waals surface area contributed by atoms with Crippen LogP contribution in [0.1, 0.15) is 36.9 Å². The van der Waals surface area contributed by atoms with Gasteiger partial charge >= 0.3 is 0 Å². The molecule has 1 N–H and O–H groups in total. The van der Waals surface area contributed by atoms with E-state index in [0.29, 0.717) is 16.7 Å². The summed E-state index contributed by atoms with van der Waals surface area (Å²) in [5.74, 6) is 1.00. The van der Waals surface area contributed by atoms with Crippen molar-refractivity contribution in [3.63, 3.8) is 0 Å². The van der Waals surface area contributed by atoms with E-state index in [-0.39, 0.29) is 11.5 Å². The van der Waals surface area contributed by atoms with Crippen LogP contribution in [0.25, 0.3) is 5.78 Å². The summed E-state index contributed by atoms with van der Waals surface area (Å²) in [4.78, 5) is 29.0. The van der Waals surface area contributed by atoms with E-state index >= 15 is 0 Å². The van der Waals surface area contributed by atoms with Crippen molar-refractivity contribution in [3.8, 4) is 0 Å². The topological polar surface area (TPSA) is 83.4 Å². The summed E-state index contributed by atoms with van der Waals surface area (Å²) in [6.07, 6.45) is 5.97. The van der Waals surface area contributed by atoms with Crippen LogP contribution in [0, 0.1) is 0 Å². The molecule has 0 radical (unpaired) electrons. The normalized spacial score (nSPS) is 17.7. The van der Waals surface area contributed by atoms with Gasteiger partial charge in [0.05, 0.1) is 5.75 Å². The zero-order valence-electron chi connectivity index (χ0n) is 12.9. The summed E-state index contributed by atoms with van der Waals surface area (Å²) >= 11 is 1.41. The standard InChI is InChI=1S/C15H19N5O2S/c21-12(19-7-3-4-8-19)9-23-15-18-17-14-16-13(22)10-5-1-2-6-11(10)20(14)15/h1-9H2,(H,16,17,22). The summed E-state index contributed by atoms with van der Waals surface area (Å²) < 4.78 is 1.93. The summed E-state index contributed by atoms with van der Waals surface area (Å²) in [5, 5.41) is 8.95. The van der Waals surface area contributed by atoms with E-state index < -0.39 is 0 Å². The maximum Gasteiger partial charge on any atom is 0.255 e. The summed E-state index contributed by atoms with van der Waals surface area (Å²) in [6.45, 7) is 1.73. The number of rotatable bonds is 3. The molecule has 2 aliphatic rings. The third kappa shape index (κ3) is 2.65. The molecule has 1 aliphatic carbocycles. The molecule has 0 spiro atoms. The van der Waals surface area contributed by atoms with Gasteiger partial charge in [-0.2, -0.15) is 0 Å². The van der Waals surface area contributed by atoms with E-state index in [1.807, 2.05) is 9.30 Å². The zero-order chi connectivity index (χ0) is 15.8. The van der Waals surface area contributed by atoms with Crippen LogP contribution in [0.5, 0.6) is 0 Å². The Morgan fingerprint density at radius 2 is 1.91 bits per heavy atom. The monoisotopic (exact) mass is 333 g/mol. The minimum atomic E-state index is -0.0516. The Balaban J connectivity index is 1.62. The lowest BCUT2D eigenvalue weighted by Gasteiger charge is -2.17. The van der Waals surface area contributed by atoms with Gasteiger partial charge in [-0.15, -0.1) is 10.2 Å². The number of aromatic nitrogens is 4. The van der Waals surface area contributed by atoms with Crippen LogP contribution in [0.4, 0.5) is 0 Å². The average molecular weight is 333 g/mol. The number of H-pyrrole nitrogens is 1. The number of aromatic amines is 1. The predicted octanol–water partition coefficient (Wildman–Crippen LogP) is 1.01. The number of thioether (sulfide) groups is 1. The number of carbonyl (C=O) groups is 1. The van der Waals surface area contributed by atoms with Crippen molar-refractivity contribution in [1.29, 1.82) is 0 Å². The Morgan fingerprint density at radius 1 is 1.13 bits per heavy atom. The lowest BCUT2D eigenvalue weighted by Crippen LogP contribution is -2.29. The third-order valence-electron chi connectivity index (χ3n) is 4.62. The first-order valence-electron chi connectivity index (χ1n) is 8.14. The Kier molecular flexibility index (Phi) is 3.84. The van der Waals surface area contributed by atoms with Gasteiger partial charge in [0.25, 0.3) is 5.56 Å². The minimum absolute atomic E-state index is 0.0516. The Bertz CT molecular complexity index is 806. The van der Waals surface area contributed by atoms with Crippen molar-refractivity contribution in [1.82, 2.24) is 24.5 Å². The van der Waals surface area contributed by atoms with E-state index in [0.717, 1.165) is 62.9 Å². The second-order valence-electron chi connectivity index (χ2n) is 6.10. The molecule has 1 aliphatic heterocycles. The molecule has 4 rings (SSSR count). The molecule has 122 valence electrons. The highest BCUT2D eigenvalue weighted by atomic mass is 32.2. The first-order valence-corrected chi connectivity index (χ1v) is 9.12. The van der Waals surface area contributed by atoms with Gasteiger partial charge in [0.1, 0.15) is 0 Å². The van der Waals surface area contributed by atoms with Gasteiger partial charge < -0.3 is 4.90 Å². The average Bonchev–Trinajstić information content (AvgIpc) is 3.23. The Hall–Kier alpha value is -1.83. The Labute approximate surface area is 137 Å². The number of likely N-dealkylation sites (tertiary alicyclic amines) is 1. The molecule has 1 amide bonds. The molecule has 1 fully saturated rings. The molecule has 2 aromatic rings. The second-order valence-corrected chi connectivity index (χ2v) is 7.05. The van der Waals surface area contributed by atoms with Crippen LogP contribution in [0.3, 0.4) is 0 Å². The predicted molar refractivity (Wildman–Crippen MR) is 86.8 cm³/mol. The summed E-state index contributed by atoms with van der Waals surface area (Å²) in [6, 6.07) is 0. The number of fused-ring (bicyclic) bond motifs is 3. The zero-order valence-corrected chi connectivity index (χ0v) is 13.7. The number of aryl methyl sites for hydroxylation is 1. The van der Waals surface area contributed by atoms with Crippen LogP contribution in [-0.2, 0) is 17.6 Å². The van der Waals surface area contributed by atoms with E-state index in [1.54, 1.807) is 0 Å². The smallest absolute Gasteiger partial charge is 0.255 e. The van der Waals surface area contributed by atoms with Gasteiger partial charge in [0.15, 0.2) is 5.16 Å². The van der Waals surface area contributed by atoms with E-state index in [1.165, 1.54) is 11.8 Å². The van der Waals surface area contributed by atoms with Crippen LogP contribution < -0.4 is 5.56 Å². The lowest BCUT2D eigenvalue weighted by molar-refractivity contribution is -0.127. The second kappa shape index (κ2) is 5.99. The first-order chi connectivity index (χ1) is 11.2. The molecule has 0 atom stereocenters. The van der Waals surface area contributed by atoms with Gasteiger partial charge in [-0.1, -0.05) is 11.8 Å². The number of amides is 1.